The van der Waals surface area contributed by atoms with Crippen LogP contribution in [0.4, 0.5) is 0 Å². The minimum atomic E-state index is -0.320. The highest BCUT2D eigenvalue weighted by molar-refractivity contribution is 6.62. The molecule has 1 aromatic rings. The molecule has 1 saturated heterocycles. The third-order valence-electron chi connectivity index (χ3n) is 4.49. The highest BCUT2D eigenvalue weighted by atomic mass is 16.7. The fourth-order valence-corrected chi connectivity index (χ4v) is 2.44. The Morgan fingerprint density at radius 1 is 1.10 bits per heavy atom. The van der Waals surface area contributed by atoms with Crippen LogP contribution >= 0.6 is 0 Å². The second-order valence-corrected chi connectivity index (χ2v) is 7.20. The molecule has 0 atom stereocenters. The predicted octanol–water partition coefficient (Wildman–Crippen LogP) is 2.89. The maximum Gasteiger partial charge on any atom is 0.496 e. The van der Waals surface area contributed by atoms with E-state index in [2.05, 4.69) is 53.5 Å². The largest absolute Gasteiger partial charge is 0.496 e. The fourth-order valence-electron chi connectivity index (χ4n) is 2.44. The minimum Gasteiger partial charge on any atom is -0.399 e. The molecule has 0 aromatic carbocycles. The Bertz CT molecular complexity index is 481. The molecule has 0 radical (unpaired) electrons. The summed E-state index contributed by atoms with van der Waals surface area (Å²) in [6.45, 7) is 14.9. The Labute approximate surface area is 123 Å². The molecule has 1 aliphatic heterocycles. The predicted molar refractivity (Wildman–Crippen MR) is 83.2 cm³/mol. The fraction of sp³-hybridized carbons (Fsp3) is 0.688. The average molecular weight is 275 g/mol. The van der Waals surface area contributed by atoms with Gasteiger partial charge in [0, 0.05) is 17.9 Å². The van der Waals surface area contributed by atoms with E-state index in [-0.39, 0.29) is 18.3 Å². The van der Waals surface area contributed by atoms with Gasteiger partial charge in [0.2, 0.25) is 0 Å². The van der Waals surface area contributed by atoms with Crippen molar-refractivity contribution in [3.05, 3.63) is 23.5 Å². The van der Waals surface area contributed by atoms with Crippen LogP contribution in [0.15, 0.2) is 12.4 Å². The van der Waals surface area contributed by atoms with Crippen molar-refractivity contribution in [2.24, 2.45) is 5.92 Å². The maximum atomic E-state index is 6.13. The first kappa shape index (κ1) is 15.5. The highest BCUT2D eigenvalue weighted by Gasteiger charge is 2.52. The van der Waals surface area contributed by atoms with Crippen LogP contribution in [0.5, 0.6) is 0 Å². The Morgan fingerprint density at radius 3 is 2.15 bits per heavy atom. The van der Waals surface area contributed by atoms with Crippen LogP contribution < -0.4 is 5.46 Å². The molecule has 0 bridgehead atoms. The Kier molecular flexibility index (Phi) is 4.00. The summed E-state index contributed by atoms with van der Waals surface area (Å²) in [4.78, 5) is 4.38. The quantitative estimate of drug-likeness (QED) is 0.795. The van der Waals surface area contributed by atoms with Gasteiger partial charge in [-0.25, -0.2) is 0 Å². The first-order chi connectivity index (χ1) is 9.14. The average Bonchev–Trinajstić information content (AvgIpc) is 2.50. The zero-order chi connectivity index (χ0) is 15.1. The van der Waals surface area contributed by atoms with Gasteiger partial charge in [-0.3, -0.25) is 4.98 Å². The summed E-state index contributed by atoms with van der Waals surface area (Å²) in [6.07, 6.45) is 4.87. The highest BCUT2D eigenvalue weighted by Crippen LogP contribution is 2.36. The molecular formula is C16H26BNO2. The molecule has 0 spiro atoms. The molecule has 2 rings (SSSR count). The van der Waals surface area contributed by atoms with Gasteiger partial charge in [0.25, 0.3) is 0 Å². The molecule has 2 heterocycles. The molecular weight excluding hydrogens is 249 g/mol. The monoisotopic (exact) mass is 275 g/mol. The van der Waals surface area contributed by atoms with Crippen LogP contribution in [-0.4, -0.2) is 23.3 Å². The van der Waals surface area contributed by atoms with E-state index in [1.165, 1.54) is 11.1 Å². The van der Waals surface area contributed by atoms with E-state index < -0.39 is 0 Å². The number of hydrogen-bond donors (Lipinski definition) is 0. The summed E-state index contributed by atoms with van der Waals surface area (Å²) in [5.41, 5.74) is 2.97. The Balaban J connectivity index is 2.31. The Morgan fingerprint density at radius 2 is 1.65 bits per heavy atom. The van der Waals surface area contributed by atoms with Crippen LogP contribution in [0.1, 0.15) is 52.7 Å². The molecule has 3 nitrogen and oxygen atoms in total. The molecule has 0 saturated carbocycles. The van der Waals surface area contributed by atoms with Crippen LogP contribution in [0.2, 0.25) is 0 Å². The molecule has 1 aromatic heterocycles. The van der Waals surface area contributed by atoms with Gasteiger partial charge in [-0.15, -0.1) is 0 Å². The van der Waals surface area contributed by atoms with Crippen molar-refractivity contribution in [3.8, 4) is 0 Å². The molecule has 1 aliphatic rings. The number of aromatic nitrogens is 1. The van der Waals surface area contributed by atoms with Gasteiger partial charge in [0.05, 0.1) is 11.2 Å². The van der Waals surface area contributed by atoms with Crippen LogP contribution in [-0.2, 0) is 15.7 Å². The first-order valence-corrected chi connectivity index (χ1v) is 7.43. The number of nitrogens with zero attached hydrogens (tertiary/aromatic N) is 1. The van der Waals surface area contributed by atoms with Crippen molar-refractivity contribution in [1.29, 1.82) is 0 Å². The normalized spacial score (nSPS) is 20.7. The molecule has 0 N–H and O–H groups in total. The van der Waals surface area contributed by atoms with Crippen molar-refractivity contribution in [2.75, 3.05) is 0 Å². The third-order valence-corrected chi connectivity index (χ3v) is 4.49. The van der Waals surface area contributed by atoms with Gasteiger partial charge in [0.15, 0.2) is 0 Å². The molecule has 0 aliphatic carbocycles. The van der Waals surface area contributed by atoms with Crippen molar-refractivity contribution in [2.45, 2.75) is 66.1 Å². The van der Waals surface area contributed by atoms with E-state index in [4.69, 9.17) is 9.31 Å². The molecule has 1 fully saturated rings. The second-order valence-electron chi connectivity index (χ2n) is 7.20. The van der Waals surface area contributed by atoms with Gasteiger partial charge < -0.3 is 9.31 Å². The first-order valence-electron chi connectivity index (χ1n) is 7.43. The molecule has 0 unspecified atom stereocenters. The molecule has 0 amide bonds. The van der Waals surface area contributed by atoms with E-state index in [9.17, 15) is 0 Å². The van der Waals surface area contributed by atoms with Crippen LogP contribution in [0.3, 0.4) is 0 Å². The SMILES string of the molecule is Cc1c(CC(C)C)cncc1B1OC(C)(C)C(C)(C)O1. The topological polar surface area (TPSA) is 31.4 Å². The van der Waals surface area contributed by atoms with Crippen molar-refractivity contribution < 1.29 is 9.31 Å². The molecule has 110 valence electrons. The summed E-state index contributed by atoms with van der Waals surface area (Å²) < 4.78 is 12.3. The van der Waals surface area contributed by atoms with E-state index in [1.807, 2.05) is 12.4 Å². The van der Waals surface area contributed by atoms with Crippen molar-refractivity contribution >= 4 is 12.6 Å². The summed E-state index contributed by atoms with van der Waals surface area (Å²) >= 11 is 0. The van der Waals surface area contributed by atoms with E-state index >= 15 is 0 Å². The Hall–Kier alpha value is -0.865. The second kappa shape index (κ2) is 5.16. The lowest BCUT2D eigenvalue weighted by atomic mass is 9.76. The number of hydrogen-bond acceptors (Lipinski definition) is 3. The summed E-state index contributed by atoms with van der Waals surface area (Å²) in [5.74, 6) is 0.615. The third kappa shape index (κ3) is 2.77. The standard InChI is InChI=1S/C16H26BNO2/c1-11(2)8-13-9-18-10-14(12(13)3)17-19-15(4,5)16(6,7)20-17/h9-11H,8H2,1-7H3. The van der Waals surface area contributed by atoms with Crippen molar-refractivity contribution in [3.63, 3.8) is 0 Å². The maximum absolute atomic E-state index is 6.13. The van der Waals surface area contributed by atoms with Crippen LogP contribution in [0, 0.1) is 12.8 Å². The van der Waals surface area contributed by atoms with Crippen molar-refractivity contribution in [1.82, 2.24) is 4.98 Å². The zero-order valence-electron chi connectivity index (χ0n) is 13.8. The van der Waals surface area contributed by atoms with Gasteiger partial charge in [-0.1, -0.05) is 13.8 Å². The summed E-state index contributed by atoms with van der Waals surface area (Å²) in [5, 5.41) is 0. The molecule has 4 heteroatoms. The van der Waals surface area contributed by atoms with E-state index in [1.54, 1.807) is 0 Å². The van der Waals surface area contributed by atoms with Crippen LogP contribution in [0.25, 0.3) is 0 Å². The van der Waals surface area contributed by atoms with Gasteiger partial charge in [0.1, 0.15) is 0 Å². The van der Waals surface area contributed by atoms with E-state index in [0.29, 0.717) is 5.92 Å². The smallest absolute Gasteiger partial charge is 0.399 e. The van der Waals surface area contributed by atoms with Gasteiger partial charge in [-0.2, -0.15) is 0 Å². The van der Waals surface area contributed by atoms with Gasteiger partial charge >= 0.3 is 7.12 Å². The summed E-state index contributed by atoms with van der Waals surface area (Å²) in [6, 6.07) is 0. The number of rotatable bonds is 3. The van der Waals surface area contributed by atoms with Gasteiger partial charge in [-0.05, 0) is 58.1 Å². The zero-order valence-corrected chi connectivity index (χ0v) is 13.8. The lowest BCUT2D eigenvalue weighted by molar-refractivity contribution is 0.00578. The summed E-state index contributed by atoms with van der Waals surface area (Å²) in [7, 11) is -0.320. The molecule has 20 heavy (non-hydrogen) atoms. The minimum absolute atomic E-state index is 0.307. The lowest BCUT2D eigenvalue weighted by Crippen LogP contribution is -2.41. The lowest BCUT2D eigenvalue weighted by Gasteiger charge is -2.32. The number of pyridine rings is 1. The van der Waals surface area contributed by atoms with E-state index in [0.717, 1.165) is 11.9 Å².